The number of fused-ring (bicyclic) bond motifs is 1. The number of hydrogen-bond acceptors (Lipinski definition) is 3. The molecule has 1 aliphatic rings. The Morgan fingerprint density at radius 3 is 2.76 bits per heavy atom. The molecule has 4 nitrogen and oxygen atoms in total. The summed E-state index contributed by atoms with van der Waals surface area (Å²) in [4.78, 5) is 18.1. The number of benzene rings is 1. The molecule has 0 spiro atoms. The van der Waals surface area contributed by atoms with Gasteiger partial charge < -0.3 is 9.64 Å². The molecule has 1 amide bonds. The summed E-state index contributed by atoms with van der Waals surface area (Å²) in [5, 5.41) is 0. The molecule has 0 radical (unpaired) electrons. The summed E-state index contributed by atoms with van der Waals surface area (Å²) in [5.74, 6) is 0.0119. The number of rotatable bonds is 2. The third-order valence-electron chi connectivity index (χ3n) is 3.60. The van der Waals surface area contributed by atoms with Crippen molar-refractivity contribution in [3.63, 3.8) is 0 Å². The average Bonchev–Trinajstić information content (AvgIpc) is 2.65. The van der Waals surface area contributed by atoms with E-state index in [4.69, 9.17) is 4.74 Å². The molecule has 0 fully saturated rings. The van der Waals surface area contributed by atoms with Gasteiger partial charge in [-0.15, -0.1) is 0 Å². The number of carbonyl (C=O) groups is 1. The summed E-state index contributed by atoms with van der Waals surface area (Å²) >= 11 is 0. The molecule has 0 aliphatic carbocycles. The summed E-state index contributed by atoms with van der Waals surface area (Å²) in [6.07, 6.45) is 3.60. The Kier molecular flexibility index (Phi) is 3.71. The van der Waals surface area contributed by atoms with Gasteiger partial charge in [0.15, 0.2) is 0 Å². The van der Waals surface area contributed by atoms with Crippen LogP contribution in [0.2, 0.25) is 0 Å². The van der Waals surface area contributed by atoms with E-state index in [0.29, 0.717) is 6.61 Å². The molecule has 2 heterocycles. The van der Waals surface area contributed by atoms with E-state index in [1.165, 1.54) is 0 Å². The summed E-state index contributed by atoms with van der Waals surface area (Å²) in [6, 6.07) is 10.2. The Hall–Kier alpha value is -2.20. The van der Waals surface area contributed by atoms with Crippen LogP contribution in [0.15, 0.2) is 42.7 Å². The van der Waals surface area contributed by atoms with Crippen LogP contribution in [0.25, 0.3) is 11.1 Å². The van der Waals surface area contributed by atoms with Crippen molar-refractivity contribution in [1.82, 2.24) is 4.98 Å². The van der Waals surface area contributed by atoms with Gasteiger partial charge in [0.05, 0.1) is 6.61 Å². The van der Waals surface area contributed by atoms with Gasteiger partial charge in [0.1, 0.15) is 6.61 Å². The van der Waals surface area contributed by atoms with E-state index in [0.717, 1.165) is 22.4 Å². The SMILES string of the molecule is CC(C)N1C(=O)COCc2cc(-c3cccnc3)ccc21. The van der Waals surface area contributed by atoms with Crippen LogP contribution in [0.1, 0.15) is 19.4 Å². The molecule has 0 saturated heterocycles. The summed E-state index contributed by atoms with van der Waals surface area (Å²) in [7, 11) is 0. The predicted octanol–water partition coefficient (Wildman–Crippen LogP) is 3.02. The average molecular weight is 282 g/mol. The van der Waals surface area contributed by atoms with Crippen LogP contribution in [0.3, 0.4) is 0 Å². The maximum atomic E-state index is 12.2. The largest absolute Gasteiger partial charge is 0.367 e. The molecular weight excluding hydrogens is 264 g/mol. The first-order valence-corrected chi connectivity index (χ1v) is 7.10. The minimum absolute atomic E-state index is 0.0119. The highest BCUT2D eigenvalue weighted by Crippen LogP contribution is 2.30. The molecule has 0 atom stereocenters. The van der Waals surface area contributed by atoms with E-state index in [1.807, 2.05) is 49.2 Å². The lowest BCUT2D eigenvalue weighted by molar-refractivity contribution is -0.123. The normalized spacial score (nSPS) is 15.0. The van der Waals surface area contributed by atoms with Crippen LogP contribution in [-0.2, 0) is 16.1 Å². The van der Waals surface area contributed by atoms with Crippen molar-refractivity contribution in [3.05, 3.63) is 48.3 Å². The molecule has 0 unspecified atom stereocenters. The zero-order valence-electron chi connectivity index (χ0n) is 12.2. The van der Waals surface area contributed by atoms with Gasteiger partial charge in [-0.2, -0.15) is 0 Å². The van der Waals surface area contributed by atoms with Crippen LogP contribution >= 0.6 is 0 Å². The molecule has 0 N–H and O–H groups in total. The van der Waals surface area contributed by atoms with E-state index in [9.17, 15) is 4.79 Å². The number of amides is 1. The second-order valence-corrected chi connectivity index (χ2v) is 5.44. The summed E-state index contributed by atoms with van der Waals surface area (Å²) in [6.45, 7) is 4.62. The van der Waals surface area contributed by atoms with Crippen molar-refractivity contribution in [2.24, 2.45) is 0 Å². The van der Waals surface area contributed by atoms with Gasteiger partial charge in [0.25, 0.3) is 5.91 Å². The van der Waals surface area contributed by atoms with Crippen LogP contribution in [-0.4, -0.2) is 23.5 Å². The minimum Gasteiger partial charge on any atom is -0.367 e. The second kappa shape index (κ2) is 5.66. The number of pyridine rings is 1. The van der Waals surface area contributed by atoms with E-state index in [1.54, 1.807) is 6.20 Å². The lowest BCUT2D eigenvalue weighted by atomic mass is 10.0. The lowest BCUT2D eigenvalue weighted by Crippen LogP contribution is -2.38. The molecule has 3 rings (SSSR count). The highest BCUT2D eigenvalue weighted by atomic mass is 16.5. The Morgan fingerprint density at radius 1 is 1.19 bits per heavy atom. The fourth-order valence-electron chi connectivity index (χ4n) is 2.67. The quantitative estimate of drug-likeness (QED) is 0.850. The van der Waals surface area contributed by atoms with Gasteiger partial charge in [-0.3, -0.25) is 9.78 Å². The Labute approximate surface area is 124 Å². The molecular formula is C17H18N2O2. The van der Waals surface area contributed by atoms with E-state index in [2.05, 4.69) is 11.1 Å². The molecule has 1 aliphatic heterocycles. The number of anilines is 1. The molecule has 4 heteroatoms. The van der Waals surface area contributed by atoms with Crippen LogP contribution in [0.5, 0.6) is 0 Å². The smallest absolute Gasteiger partial charge is 0.253 e. The van der Waals surface area contributed by atoms with Gasteiger partial charge >= 0.3 is 0 Å². The van der Waals surface area contributed by atoms with E-state index < -0.39 is 0 Å². The van der Waals surface area contributed by atoms with Crippen LogP contribution in [0.4, 0.5) is 5.69 Å². The molecule has 0 bridgehead atoms. The van der Waals surface area contributed by atoms with Crippen molar-refractivity contribution in [3.8, 4) is 11.1 Å². The molecule has 21 heavy (non-hydrogen) atoms. The topological polar surface area (TPSA) is 42.4 Å². The third-order valence-corrected chi connectivity index (χ3v) is 3.60. The monoisotopic (exact) mass is 282 g/mol. The van der Waals surface area contributed by atoms with E-state index in [-0.39, 0.29) is 18.6 Å². The van der Waals surface area contributed by atoms with Crippen molar-refractivity contribution in [2.45, 2.75) is 26.5 Å². The maximum absolute atomic E-state index is 12.2. The van der Waals surface area contributed by atoms with Gasteiger partial charge in [-0.05, 0) is 37.6 Å². The number of aromatic nitrogens is 1. The first kappa shape index (κ1) is 13.8. The molecule has 1 aromatic carbocycles. The minimum atomic E-state index is 0.0119. The molecule has 108 valence electrons. The van der Waals surface area contributed by atoms with Gasteiger partial charge in [-0.25, -0.2) is 0 Å². The molecule has 0 saturated carbocycles. The number of hydrogen-bond donors (Lipinski definition) is 0. The predicted molar refractivity (Wildman–Crippen MR) is 82.0 cm³/mol. The highest BCUT2D eigenvalue weighted by Gasteiger charge is 2.25. The van der Waals surface area contributed by atoms with Crippen molar-refractivity contribution in [2.75, 3.05) is 11.5 Å². The molecule has 2 aromatic rings. The zero-order chi connectivity index (χ0) is 14.8. The number of carbonyl (C=O) groups excluding carboxylic acids is 1. The maximum Gasteiger partial charge on any atom is 0.253 e. The van der Waals surface area contributed by atoms with Crippen molar-refractivity contribution in [1.29, 1.82) is 0 Å². The van der Waals surface area contributed by atoms with Crippen molar-refractivity contribution >= 4 is 11.6 Å². The highest BCUT2D eigenvalue weighted by molar-refractivity contribution is 5.96. The Balaban J connectivity index is 2.06. The third kappa shape index (κ3) is 2.67. The fraction of sp³-hybridized carbons (Fsp3) is 0.294. The van der Waals surface area contributed by atoms with Crippen LogP contribution in [0, 0.1) is 0 Å². The second-order valence-electron chi connectivity index (χ2n) is 5.44. The summed E-state index contributed by atoms with van der Waals surface area (Å²) in [5.41, 5.74) is 4.13. The number of ether oxygens (including phenoxy) is 1. The Bertz CT molecular complexity index is 653. The fourth-order valence-corrected chi connectivity index (χ4v) is 2.67. The van der Waals surface area contributed by atoms with Gasteiger partial charge in [-0.1, -0.05) is 12.1 Å². The lowest BCUT2D eigenvalue weighted by Gasteiger charge is -2.26. The zero-order valence-corrected chi connectivity index (χ0v) is 12.2. The number of nitrogens with zero attached hydrogens (tertiary/aromatic N) is 2. The molecule has 1 aromatic heterocycles. The van der Waals surface area contributed by atoms with E-state index >= 15 is 0 Å². The van der Waals surface area contributed by atoms with Crippen LogP contribution < -0.4 is 4.90 Å². The standard InChI is InChI=1S/C17H18N2O2/c1-12(2)19-16-6-5-13(14-4-3-7-18-9-14)8-15(16)10-21-11-17(19)20/h3-9,12H,10-11H2,1-2H3. The first-order chi connectivity index (χ1) is 10.2. The van der Waals surface area contributed by atoms with Gasteiger partial charge in [0.2, 0.25) is 0 Å². The Morgan fingerprint density at radius 2 is 2.05 bits per heavy atom. The summed E-state index contributed by atoms with van der Waals surface area (Å²) < 4.78 is 5.50. The van der Waals surface area contributed by atoms with Crippen molar-refractivity contribution < 1.29 is 9.53 Å². The first-order valence-electron chi connectivity index (χ1n) is 7.10. The van der Waals surface area contributed by atoms with Gasteiger partial charge in [0, 0.05) is 35.2 Å².